The summed E-state index contributed by atoms with van der Waals surface area (Å²) in [5.41, 5.74) is 16.3. The summed E-state index contributed by atoms with van der Waals surface area (Å²) >= 11 is 0. The van der Waals surface area contributed by atoms with Gasteiger partial charge in [0.2, 0.25) is 0 Å². The van der Waals surface area contributed by atoms with Gasteiger partial charge in [0.15, 0.2) is 17.5 Å². The molecule has 3 aromatic heterocycles. The minimum Gasteiger partial charge on any atom is -0.456 e. The fraction of sp³-hybridized carbons (Fsp3) is 0. The van der Waals surface area contributed by atoms with Crippen molar-refractivity contribution in [3.63, 3.8) is 0 Å². The molecule has 0 atom stereocenters. The van der Waals surface area contributed by atoms with Crippen molar-refractivity contribution in [2.75, 3.05) is 0 Å². The maximum atomic E-state index is 6.64. The van der Waals surface area contributed by atoms with Crippen molar-refractivity contribution >= 4 is 43.6 Å². The second kappa shape index (κ2) is 16.8. The predicted molar refractivity (Wildman–Crippen MR) is 283 cm³/mol. The van der Waals surface area contributed by atoms with Crippen LogP contribution in [0, 0.1) is 0 Å². The second-order valence-electron chi connectivity index (χ2n) is 17.3. The van der Waals surface area contributed by atoms with E-state index in [9.17, 15) is 0 Å². The molecule has 10 aromatic carbocycles. The van der Waals surface area contributed by atoms with Crippen molar-refractivity contribution in [1.82, 2.24) is 19.9 Å². The third-order valence-corrected chi connectivity index (χ3v) is 13.1. The van der Waals surface area contributed by atoms with Gasteiger partial charge in [0.05, 0.1) is 11.2 Å². The number of benzene rings is 10. The first-order valence-electron chi connectivity index (χ1n) is 23.2. The molecular weight excluding hydrogens is 841 g/mol. The molecule has 0 saturated heterocycles. The monoisotopic (exact) mass is 880 g/mol. The SMILES string of the molecule is c1ccc(-c2cccc(-c3nc(-c4ccc(-c5ccc(-c6c7c(cc8c(-c9ccccc9)nc9ccccc9c68)oc6ccccc67)cc5)cc4)nc(-c4cccc(-c5ccccc5)c4)n3)c2)cc1. The Morgan fingerprint density at radius 3 is 1.28 bits per heavy atom. The topological polar surface area (TPSA) is 64.7 Å². The molecule has 0 unspecified atom stereocenters. The van der Waals surface area contributed by atoms with Gasteiger partial charge in [0.25, 0.3) is 0 Å². The highest BCUT2D eigenvalue weighted by Gasteiger charge is 2.22. The molecule has 322 valence electrons. The molecule has 69 heavy (non-hydrogen) atoms. The number of hydrogen-bond acceptors (Lipinski definition) is 5. The average molecular weight is 881 g/mol. The molecule has 0 radical (unpaired) electrons. The van der Waals surface area contributed by atoms with Crippen LogP contribution in [0.3, 0.4) is 0 Å². The molecule has 0 aliphatic carbocycles. The van der Waals surface area contributed by atoms with Gasteiger partial charge in [-0.1, -0.05) is 212 Å². The fourth-order valence-electron chi connectivity index (χ4n) is 9.76. The van der Waals surface area contributed by atoms with E-state index in [1.54, 1.807) is 0 Å². The van der Waals surface area contributed by atoms with Crippen LogP contribution in [0.2, 0.25) is 0 Å². The number of hydrogen-bond donors (Lipinski definition) is 0. The second-order valence-corrected chi connectivity index (χ2v) is 17.3. The number of pyridine rings is 1. The summed E-state index contributed by atoms with van der Waals surface area (Å²) in [5.74, 6) is 1.84. The van der Waals surface area contributed by atoms with Gasteiger partial charge in [-0.25, -0.2) is 19.9 Å². The smallest absolute Gasteiger partial charge is 0.164 e. The number of nitrogens with zero attached hydrogens (tertiary/aromatic N) is 4. The quantitative estimate of drug-likeness (QED) is 0.142. The Hall–Kier alpha value is -9.32. The van der Waals surface area contributed by atoms with E-state index in [-0.39, 0.29) is 0 Å². The Morgan fingerprint density at radius 1 is 0.246 bits per heavy atom. The van der Waals surface area contributed by atoms with Crippen LogP contribution in [0.5, 0.6) is 0 Å². The number of rotatable bonds is 8. The standard InChI is InChI=1S/C64H40N4O/c1-4-16-41(17-5-1)48-22-14-24-50(38-48)63-66-62(67-64(68-63)51-25-15-23-49(39-51)42-18-6-2-7-19-42)47-36-32-44(33-37-47)43-30-34-45(35-31-43)58-59-52-26-10-12-28-55(52)65-61(46-20-8-3-9-21-46)54(59)40-57-60(58)53-27-11-13-29-56(53)69-57/h1-40H. The van der Waals surface area contributed by atoms with Gasteiger partial charge in [-0.15, -0.1) is 0 Å². The van der Waals surface area contributed by atoms with E-state index >= 15 is 0 Å². The van der Waals surface area contributed by atoms with E-state index in [2.05, 4.69) is 218 Å². The van der Waals surface area contributed by atoms with E-state index in [0.29, 0.717) is 17.5 Å². The van der Waals surface area contributed by atoms with Crippen molar-refractivity contribution in [3.05, 3.63) is 243 Å². The molecule has 13 aromatic rings. The first kappa shape index (κ1) is 40.0. The van der Waals surface area contributed by atoms with Crippen LogP contribution < -0.4 is 0 Å². The van der Waals surface area contributed by atoms with Crippen LogP contribution >= 0.6 is 0 Å². The molecular formula is C64H40N4O. The summed E-state index contributed by atoms with van der Waals surface area (Å²) in [5, 5.41) is 5.50. The number of para-hydroxylation sites is 2. The highest BCUT2D eigenvalue weighted by Crippen LogP contribution is 2.46. The molecule has 0 amide bonds. The predicted octanol–water partition coefficient (Wildman–Crippen LogP) is 16.8. The number of fused-ring (bicyclic) bond motifs is 6. The van der Waals surface area contributed by atoms with Gasteiger partial charge in [-0.3, -0.25) is 0 Å². The molecule has 0 aliphatic rings. The lowest BCUT2D eigenvalue weighted by Crippen LogP contribution is -2.00. The van der Waals surface area contributed by atoms with E-state index in [1.807, 2.05) is 24.3 Å². The zero-order chi connectivity index (χ0) is 45.7. The minimum absolute atomic E-state index is 0.607. The van der Waals surface area contributed by atoms with Crippen molar-refractivity contribution in [1.29, 1.82) is 0 Å². The third-order valence-electron chi connectivity index (χ3n) is 13.1. The molecule has 13 rings (SSSR count). The molecule has 3 heterocycles. The normalized spacial score (nSPS) is 11.5. The molecule has 0 bridgehead atoms. The molecule has 5 heteroatoms. The molecule has 0 spiro atoms. The Morgan fingerprint density at radius 2 is 0.681 bits per heavy atom. The Bertz CT molecular complexity index is 3940. The fourth-order valence-corrected chi connectivity index (χ4v) is 9.76. The average Bonchev–Trinajstić information content (AvgIpc) is 3.81. The van der Waals surface area contributed by atoms with Crippen LogP contribution in [0.25, 0.3) is 134 Å². The van der Waals surface area contributed by atoms with E-state index < -0.39 is 0 Å². The van der Waals surface area contributed by atoms with Gasteiger partial charge >= 0.3 is 0 Å². The van der Waals surface area contributed by atoms with E-state index in [4.69, 9.17) is 24.4 Å². The van der Waals surface area contributed by atoms with Crippen LogP contribution in [0.15, 0.2) is 247 Å². The highest BCUT2D eigenvalue weighted by atomic mass is 16.3. The summed E-state index contributed by atoms with van der Waals surface area (Å²) < 4.78 is 6.64. The van der Waals surface area contributed by atoms with Crippen molar-refractivity contribution < 1.29 is 4.42 Å². The Balaban J connectivity index is 0.914. The highest BCUT2D eigenvalue weighted by molar-refractivity contribution is 6.27. The van der Waals surface area contributed by atoms with Crippen LogP contribution in [0.4, 0.5) is 0 Å². The number of aromatic nitrogens is 4. The zero-order valence-electron chi connectivity index (χ0n) is 37.3. The van der Waals surface area contributed by atoms with Gasteiger partial charge in [-0.2, -0.15) is 0 Å². The summed E-state index contributed by atoms with van der Waals surface area (Å²) in [6.45, 7) is 0. The van der Waals surface area contributed by atoms with E-state index in [0.717, 1.165) is 116 Å². The van der Waals surface area contributed by atoms with Crippen LogP contribution in [-0.4, -0.2) is 19.9 Å². The maximum absolute atomic E-state index is 6.64. The molecule has 0 saturated carbocycles. The Kier molecular flexibility index (Phi) is 9.76. The van der Waals surface area contributed by atoms with Gasteiger partial charge in [0.1, 0.15) is 11.2 Å². The summed E-state index contributed by atoms with van der Waals surface area (Å²) in [4.78, 5) is 20.7. The van der Waals surface area contributed by atoms with Crippen LogP contribution in [-0.2, 0) is 0 Å². The maximum Gasteiger partial charge on any atom is 0.164 e. The van der Waals surface area contributed by atoms with Gasteiger partial charge in [0, 0.05) is 54.7 Å². The summed E-state index contributed by atoms with van der Waals surface area (Å²) in [6.07, 6.45) is 0. The lowest BCUT2D eigenvalue weighted by molar-refractivity contribution is 0.669. The molecule has 0 fully saturated rings. The van der Waals surface area contributed by atoms with E-state index in [1.165, 1.54) is 0 Å². The largest absolute Gasteiger partial charge is 0.456 e. The zero-order valence-corrected chi connectivity index (χ0v) is 37.3. The summed E-state index contributed by atoms with van der Waals surface area (Å²) in [6, 6.07) is 84.6. The third kappa shape index (κ3) is 7.30. The lowest BCUT2D eigenvalue weighted by Gasteiger charge is -2.16. The van der Waals surface area contributed by atoms with Gasteiger partial charge < -0.3 is 4.42 Å². The van der Waals surface area contributed by atoms with Crippen molar-refractivity contribution in [2.24, 2.45) is 0 Å². The first-order chi connectivity index (χ1) is 34.2. The molecule has 5 nitrogen and oxygen atoms in total. The van der Waals surface area contributed by atoms with Crippen LogP contribution in [0.1, 0.15) is 0 Å². The molecule has 0 N–H and O–H groups in total. The molecule has 0 aliphatic heterocycles. The minimum atomic E-state index is 0.607. The van der Waals surface area contributed by atoms with Crippen molar-refractivity contribution in [3.8, 4) is 89.9 Å². The van der Waals surface area contributed by atoms with Crippen molar-refractivity contribution in [2.45, 2.75) is 0 Å². The number of furan rings is 1. The summed E-state index contributed by atoms with van der Waals surface area (Å²) in [7, 11) is 0. The first-order valence-corrected chi connectivity index (χ1v) is 23.2. The Labute approximate surface area is 398 Å². The van der Waals surface area contributed by atoms with Gasteiger partial charge in [-0.05, 0) is 69.3 Å². The lowest BCUT2D eigenvalue weighted by atomic mass is 9.89.